The highest BCUT2D eigenvalue weighted by atomic mass is 35.5. The second-order valence-electron chi connectivity index (χ2n) is 6.10. The first-order valence-electron chi connectivity index (χ1n) is 8.46. The number of phenolic OH excluding ortho intramolecular Hbond substituents is 1. The van der Waals surface area contributed by atoms with Crippen LogP contribution >= 0.6 is 11.6 Å². The maximum atomic E-state index is 12.4. The standard InChI is InChI=1S/C21H18ClNO5/c1-12(20(25)23-17-11-15(22)7-8-19(17)27-2)28-21(26)16-9-13-5-3-4-6-14(13)10-18(16)24/h3-12,24H,1-2H3,(H,23,25)/t12-/m0/s1. The molecule has 144 valence electrons. The summed E-state index contributed by atoms with van der Waals surface area (Å²) in [6, 6.07) is 15.1. The highest BCUT2D eigenvalue weighted by molar-refractivity contribution is 6.31. The fraction of sp³-hybridized carbons (Fsp3) is 0.143. The number of methoxy groups -OCH3 is 1. The molecule has 0 saturated heterocycles. The molecule has 2 N–H and O–H groups in total. The van der Waals surface area contributed by atoms with Gasteiger partial charge in [-0.05, 0) is 48.0 Å². The van der Waals surface area contributed by atoms with Crippen molar-refractivity contribution in [2.75, 3.05) is 12.4 Å². The van der Waals surface area contributed by atoms with Gasteiger partial charge in [0, 0.05) is 5.02 Å². The van der Waals surface area contributed by atoms with Gasteiger partial charge in [-0.1, -0.05) is 35.9 Å². The first-order chi connectivity index (χ1) is 13.4. The van der Waals surface area contributed by atoms with Crippen molar-refractivity contribution >= 4 is 39.9 Å². The molecule has 3 rings (SSSR count). The average molecular weight is 400 g/mol. The summed E-state index contributed by atoms with van der Waals surface area (Å²) >= 11 is 5.95. The van der Waals surface area contributed by atoms with Gasteiger partial charge in [-0.2, -0.15) is 0 Å². The molecule has 0 spiro atoms. The van der Waals surface area contributed by atoms with Crippen molar-refractivity contribution in [3.05, 3.63) is 65.2 Å². The van der Waals surface area contributed by atoms with Gasteiger partial charge in [0.1, 0.15) is 17.1 Å². The minimum atomic E-state index is -1.11. The summed E-state index contributed by atoms with van der Waals surface area (Å²) in [5.74, 6) is -1.16. The third-order valence-electron chi connectivity index (χ3n) is 4.16. The van der Waals surface area contributed by atoms with Gasteiger partial charge in [0.05, 0.1) is 12.8 Å². The molecule has 0 aliphatic rings. The van der Waals surface area contributed by atoms with Gasteiger partial charge < -0.3 is 19.9 Å². The largest absolute Gasteiger partial charge is 0.507 e. The highest BCUT2D eigenvalue weighted by Gasteiger charge is 2.22. The lowest BCUT2D eigenvalue weighted by Crippen LogP contribution is -2.30. The molecule has 0 heterocycles. The molecule has 0 aromatic heterocycles. The number of nitrogens with one attached hydrogen (secondary N) is 1. The quantitative estimate of drug-likeness (QED) is 0.621. The van der Waals surface area contributed by atoms with E-state index in [0.717, 1.165) is 10.8 Å². The molecule has 28 heavy (non-hydrogen) atoms. The first-order valence-corrected chi connectivity index (χ1v) is 8.84. The molecular formula is C21H18ClNO5. The van der Waals surface area contributed by atoms with Gasteiger partial charge in [0.2, 0.25) is 0 Å². The van der Waals surface area contributed by atoms with Gasteiger partial charge >= 0.3 is 5.97 Å². The molecule has 1 atom stereocenters. The van der Waals surface area contributed by atoms with Crippen molar-refractivity contribution in [1.29, 1.82) is 0 Å². The zero-order valence-electron chi connectivity index (χ0n) is 15.2. The summed E-state index contributed by atoms with van der Waals surface area (Å²) < 4.78 is 10.4. The number of aromatic hydroxyl groups is 1. The Labute approximate surface area is 166 Å². The van der Waals surface area contributed by atoms with Crippen LogP contribution in [0, 0.1) is 0 Å². The number of benzene rings is 3. The topological polar surface area (TPSA) is 84.9 Å². The number of fused-ring (bicyclic) bond motifs is 1. The number of ether oxygens (including phenoxy) is 2. The zero-order chi connectivity index (χ0) is 20.3. The lowest BCUT2D eigenvalue weighted by Gasteiger charge is -2.16. The first kappa shape index (κ1) is 19.5. The van der Waals surface area contributed by atoms with Crippen molar-refractivity contribution < 1.29 is 24.2 Å². The van der Waals surface area contributed by atoms with E-state index >= 15 is 0 Å². The third kappa shape index (κ3) is 4.18. The van der Waals surface area contributed by atoms with Crippen LogP contribution < -0.4 is 10.1 Å². The van der Waals surface area contributed by atoms with Crippen molar-refractivity contribution in [3.63, 3.8) is 0 Å². The number of carbonyl (C=O) groups excluding carboxylic acids is 2. The number of halogens is 1. The fourth-order valence-electron chi connectivity index (χ4n) is 2.68. The molecule has 0 aliphatic heterocycles. The Hall–Kier alpha value is -3.25. The number of hydrogen-bond donors (Lipinski definition) is 2. The Balaban J connectivity index is 1.74. The van der Waals surface area contributed by atoms with Crippen LogP contribution in [0.2, 0.25) is 5.02 Å². The van der Waals surface area contributed by atoms with E-state index in [-0.39, 0.29) is 11.3 Å². The second kappa shape index (κ2) is 8.19. The summed E-state index contributed by atoms with van der Waals surface area (Å²) in [6.07, 6.45) is -1.11. The summed E-state index contributed by atoms with van der Waals surface area (Å²) in [4.78, 5) is 24.9. The van der Waals surface area contributed by atoms with Crippen LogP contribution in [0.3, 0.4) is 0 Å². The Morgan fingerprint density at radius 2 is 1.75 bits per heavy atom. The van der Waals surface area contributed by atoms with Crippen LogP contribution in [0.15, 0.2) is 54.6 Å². The van der Waals surface area contributed by atoms with Crippen LogP contribution in [-0.2, 0) is 9.53 Å². The molecule has 0 radical (unpaired) electrons. The van der Waals surface area contributed by atoms with Crippen LogP contribution in [0.1, 0.15) is 17.3 Å². The van der Waals surface area contributed by atoms with Crippen molar-refractivity contribution in [1.82, 2.24) is 0 Å². The minimum absolute atomic E-state index is 0.0151. The van der Waals surface area contributed by atoms with E-state index < -0.39 is 18.0 Å². The number of phenols is 1. The van der Waals surface area contributed by atoms with Crippen molar-refractivity contribution in [2.45, 2.75) is 13.0 Å². The van der Waals surface area contributed by atoms with Gasteiger partial charge in [0.15, 0.2) is 6.10 Å². The Morgan fingerprint density at radius 1 is 1.07 bits per heavy atom. The second-order valence-corrected chi connectivity index (χ2v) is 6.53. The molecule has 0 aliphatic carbocycles. The Bertz CT molecular complexity index is 1050. The zero-order valence-corrected chi connectivity index (χ0v) is 16.0. The highest BCUT2D eigenvalue weighted by Crippen LogP contribution is 2.28. The predicted octanol–water partition coefficient (Wildman–Crippen LogP) is 4.39. The Morgan fingerprint density at radius 3 is 2.43 bits per heavy atom. The van der Waals surface area contributed by atoms with E-state index in [9.17, 15) is 14.7 Å². The molecule has 3 aromatic carbocycles. The molecule has 0 unspecified atom stereocenters. The molecular weight excluding hydrogens is 382 g/mol. The van der Waals surface area contributed by atoms with Gasteiger partial charge in [-0.15, -0.1) is 0 Å². The average Bonchev–Trinajstić information content (AvgIpc) is 2.67. The predicted molar refractivity (Wildman–Crippen MR) is 107 cm³/mol. The summed E-state index contributed by atoms with van der Waals surface area (Å²) in [5, 5.41) is 14.7. The molecule has 0 fully saturated rings. The fourth-order valence-corrected chi connectivity index (χ4v) is 2.85. The molecule has 0 bridgehead atoms. The Kier molecular flexibility index (Phi) is 5.70. The van der Waals surface area contributed by atoms with Crippen LogP contribution in [-0.4, -0.2) is 30.2 Å². The van der Waals surface area contributed by atoms with Crippen molar-refractivity contribution in [2.24, 2.45) is 0 Å². The maximum absolute atomic E-state index is 12.4. The molecule has 6 nitrogen and oxygen atoms in total. The van der Waals surface area contributed by atoms with Gasteiger partial charge in [-0.25, -0.2) is 4.79 Å². The van der Waals surface area contributed by atoms with E-state index in [0.29, 0.717) is 16.5 Å². The third-order valence-corrected chi connectivity index (χ3v) is 4.39. The van der Waals surface area contributed by atoms with Crippen LogP contribution in [0.5, 0.6) is 11.5 Å². The van der Waals surface area contributed by atoms with Gasteiger partial charge in [-0.3, -0.25) is 4.79 Å². The van der Waals surface area contributed by atoms with E-state index in [4.69, 9.17) is 21.1 Å². The monoisotopic (exact) mass is 399 g/mol. The minimum Gasteiger partial charge on any atom is -0.507 e. The van der Waals surface area contributed by atoms with Crippen LogP contribution in [0.25, 0.3) is 10.8 Å². The van der Waals surface area contributed by atoms with Gasteiger partial charge in [0.25, 0.3) is 5.91 Å². The number of carbonyl (C=O) groups is 2. The molecule has 1 amide bonds. The van der Waals surface area contributed by atoms with E-state index in [1.807, 2.05) is 24.3 Å². The molecule has 7 heteroatoms. The number of anilines is 1. The normalized spacial score (nSPS) is 11.7. The van der Waals surface area contributed by atoms with E-state index in [1.165, 1.54) is 32.2 Å². The number of amides is 1. The van der Waals surface area contributed by atoms with Crippen molar-refractivity contribution in [3.8, 4) is 11.5 Å². The molecule has 0 saturated carbocycles. The van der Waals surface area contributed by atoms with Crippen LogP contribution in [0.4, 0.5) is 5.69 Å². The number of hydrogen-bond acceptors (Lipinski definition) is 5. The summed E-state index contributed by atoms with van der Waals surface area (Å²) in [7, 11) is 1.46. The summed E-state index contributed by atoms with van der Waals surface area (Å²) in [6.45, 7) is 1.43. The lowest BCUT2D eigenvalue weighted by atomic mass is 10.1. The number of esters is 1. The summed E-state index contributed by atoms with van der Waals surface area (Å²) in [5.41, 5.74) is 0.343. The van der Waals surface area contributed by atoms with E-state index in [2.05, 4.69) is 5.32 Å². The number of rotatable bonds is 5. The maximum Gasteiger partial charge on any atom is 0.342 e. The smallest absolute Gasteiger partial charge is 0.342 e. The van der Waals surface area contributed by atoms with E-state index in [1.54, 1.807) is 12.1 Å². The SMILES string of the molecule is COc1ccc(Cl)cc1NC(=O)[C@H](C)OC(=O)c1cc2ccccc2cc1O. The molecule has 3 aromatic rings. The lowest BCUT2D eigenvalue weighted by molar-refractivity contribution is -0.123.